The van der Waals surface area contributed by atoms with E-state index in [1.54, 1.807) is 60.9 Å². The molecule has 0 radical (unpaired) electrons. The van der Waals surface area contributed by atoms with E-state index in [2.05, 4.69) is 15.6 Å². The van der Waals surface area contributed by atoms with Crippen LogP contribution < -0.4 is 16.2 Å². The molecule has 0 aliphatic carbocycles. The summed E-state index contributed by atoms with van der Waals surface area (Å²) < 4.78 is 12.3. The third-order valence-electron chi connectivity index (χ3n) is 5.79. The van der Waals surface area contributed by atoms with Crippen molar-refractivity contribution in [3.8, 4) is 0 Å². The minimum atomic E-state index is -0.772. The second-order valence-electron chi connectivity index (χ2n) is 8.08. The van der Waals surface area contributed by atoms with Gasteiger partial charge in [0, 0.05) is 6.54 Å². The molecular weight excluding hydrogens is 464 g/mol. The fourth-order valence-corrected chi connectivity index (χ4v) is 4.11. The maximum atomic E-state index is 12.9. The van der Waals surface area contributed by atoms with E-state index in [9.17, 15) is 19.2 Å². The van der Waals surface area contributed by atoms with E-state index in [0.29, 0.717) is 28.8 Å². The van der Waals surface area contributed by atoms with Gasteiger partial charge in [-0.1, -0.05) is 30.3 Å². The van der Waals surface area contributed by atoms with Gasteiger partial charge in [0.2, 0.25) is 0 Å². The summed E-state index contributed by atoms with van der Waals surface area (Å²) in [6.07, 6.45) is 0. The molecule has 10 nitrogen and oxygen atoms in total. The zero-order valence-electron chi connectivity index (χ0n) is 20.2. The van der Waals surface area contributed by atoms with Crippen LogP contribution in [-0.2, 0) is 20.8 Å². The Hall–Kier alpha value is -4.47. The molecule has 1 atom stereocenters. The Labute approximate surface area is 206 Å². The Balaban J connectivity index is 1.64. The van der Waals surface area contributed by atoms with Gasteiger partial charge in [-0.05, 0) is 44.5 Å². The van der Waals surface area contributed by atoms with Gasteiger partial charge in [0.1, 0.15) is 12.3 Å². The number of amides is 2. The van der Waals surface area contributed by atoms with E-state index in [-0.39, 0.29) is 35.6 Å². The topological polar surface area (TPSA) is 129 Å². The van der Waals surface area contributed by atoms with Crippen molar-refractivity contribution < 1.29 is 23.9 Å². The van der Waals surface area contributed by atoms with Gasteiger partial charge < -0.3 is 24.7 Å². The van der Waals surface area contributed by atoms with Crippen LogP contribution in [0.25, 0.3) is 11.0 Å². The molecule has 36 heavy (non-hydrogen) atoms. The highest BCUT2D eigenvalue weighted by Crippen LogP contribution is 2.28. The number of carbonyl (C=O) groups is 3. The van der Waals surface area contributed by atoms with Crippen molar-refractivity contribution in [1.29, 1.82) is 0 Å². The van der Waals surface area contributed by atoms with E-state index < -0.39 is 24.0 Å². The average Bonchev–Trinajstić information content (AvgIpc) is 2.88. The van der Waals surface area contributed by atoms with Crippen LogP contribution in [0, 0.1) is 6.92 Å². The second kappa shape index (κ2) is 10.4. The van der Waals surface area contributed by atoms with Gasteiger partial charge in [0.15, 0.2) is 0 Å². The highest BCUT2D eigenvalue weighted by atomic mass is 16.5. The van der Waals surface area contributed by atoms with Crippen molar-refractivity contribution in [3.05, 3.63) is 87.0 Å². The minimum Gasteiger partial charge on any atom is -0.463 e. The Kier molecular flexibility index (Phi) is 7.14. The number of hydrogen-bond donors (Lipinski definition) is 2. The summed E-state index contributed by atoms with van der Waals surface area (Å²) in [5, 5.41) is 5.30. The largest absolute Gasteiger partial charge is 0.463 e. The molecule has 2 amide bonds. The van der Waals surface area contributed by atoms with Crippen LogP contribution in [0.15, 0.2) is 64.6 Å². The number of rotatable bonds is 7. The zero-order valence-corrected chi connectivity index (χ0v) is 20.2. The minimum absolute atomic E-state index is 0.133. The number of carbonyl (C=O) groups excluding carboxylic acids is 3. The molecule has 0 saturated heterocycles. The Morgan fingerprint density at radius 2 is 1.78 bits per heavy atom. The van der Waals surface area contributed by atoms with Gasteiger partial charge in [0.05, 0.1) is 40.5 Å². The quantitative estimate of drug-likeness (QED) is 0.487. The molecule has 0 spiro atoms. The molecule has 2 N–H and O–H groups in total. The normalized spacial score (nSPS) is 15.3. The van der Waals surface area contributed by atoms with Crippen molar-refractivity contribution in [2.45, 2.75) is 33.4 Å². The maximum absolute atomic E-state index is 12.9. The summed E-state index contributed by atoms with van der Waals surface area (Å²) in [5.41, 5.74) is 2.40. The molecule has 186 valence electrons. The molecule has 2 aromatic carbocycles. The van der Waals surface area contributed by atoms with Crippen LogP contribution in [-0.4, -0.2) is 40.7 Å². The Morgan fingerprint density at radius 1 is 1.03 bits per heavy atom. The fourth-order valence-electron chi connectivity index (χ4n) is 4.11. The molecule has 4 rings (SSSR count). The number of fused-ring (bicyclic) bond motifs is 1. The lowest BCUT2D eigenvalue weighted by Crippen LogP contribution is -2.47. The van der Waals surface area contributed by atoms with Crippen LogP contribution in [0.3, 0.4) is 0 Å². The molecule has 0 bridgehead atoms. The third kappa shape index (κ3) is 4.83. The van der Waals surface area contributed by atoms with Crippen molar-refractivity contribution in [1.82, 2.24) is 20.2 Å². The molecule has 0 saturated carbocycles. The van der Waals surface area contributed by atoms with E-state index in [1.807, 2.05) is 13.0 Å². The number of nitrogens with one attached hydrogen (secondary N) is 2. The summed E-state index contributed by atoms with van der Waals surface area (Å²) in [6.45, 7) is 5.39. The molecule has 1 aliphatic rings. The van der Waals surface area contributed by atoms with Gasteiger partial charge in [-0.15, -0.1) is 0 Å². The van der Waals surface area contributed by atoms with Crippen LogP contribution >= 0.6 is 0 Å². The molecule has 3 aromatic rings. The summed E-state index contributed by atoms with van der Waals surface area (Å²) in [7, 11) is 0. The first-order valence-corrected chi connectivity index (χ1v) is 11.5. The number of benzene rings is 2. The number of ether oxygens (including phenoxy) is 2. The molecule has 0 fully saturated rings. The van der Waals surface area contributed by atoms with Crippen LogP contribution in [0.5, 0.6) is 0 Å². The number of urea groups is 1. The summed E-state index contributed by atoms with van der Waals surface area (Å²) in [6, 6.07) is 12.4. The third-order valence-corrected chi connectivity index (χ3v) is 5.79. The second-order valence-corrected chi connectivity index (χ2v) is 8.08. The van der Waals surface area contributed by atoms with Crippen molar-refractivity contribution in [2.75, 3.05) is 13.2 Å². The van der Waals surface area contributed by atoms with E-state index in [4.69, 9.17) is 9.47 Å². The first-order valence-electron chi connectivity index (χ1n) is 11.5. The highest BCUT2D eigenvalue weighted by molar-refractivity contribution is 5.96. The molecule has 10 heteroatoms. The number of aryl methyl sites for hydroxylation is 2. The monoisotopic (exact) mass is 490 g/mol. The SMILES string of the molecule is CCOC(=O)C1=C(COC(=O)c2ccc3c(c2)nc(C)c(=O)n3CC)NC(=O)N[C@H]1c1ccccc1. The standard InChI is InChI=1S/C26H26N4O6/c1-4-30-20-12-11-17(13-18(20)27-15(3)23(30)31)24(32)36-14-19-21(25(33)35-5-2)22(29-26(34)28-19)16-9-7-6-8-10-16/h6-13,22H,4-5,14H2,1-3H3,(H2,28,29,34)/t22-/m0/s1. The molecular formula is C26H26N4O6. The van der Waals surface area contributed by atoms with Gasteiger partial charge in [-0.2, -0.15) is 0 Å². The van der Waals surface area contributed by atoms with Crippen molar-refractivity contribution >= 4 is 29.0 Å². The number of nitrogens with zero attached hydrogens (tertiary/aromatic N) is 2. The fraction of sp³-hybridized carbons (Fsp3) is 0.269. The lowest BCUT2D eigenvalue weighted by molar-refractivity contribution is -0.139. The summed E-state index contributed by atoms with van der Waals surface area (Å²) >= 11 is 0. The lowest BCUT2D eigenvalue weighted by atomic mass is 9.95. The Morgan fingerprint density at radius 3 is 2.47 bits per heavy atom. The van der Waals surface area contributed by atoms with Gasteiger partial charge in [-0.3, -0.25) is 4.79 Å². The van der Waals surface area contributed by atoms with Crippen LogP contribution in [0.1, 0.15) is 41.5 Å². The zero-order chi connectivity index (χ0) is 25.8. The van der Waals surface area contributed by atoms with Crippen LogP contribution in [0.2, 0.25) is 0 Å². The van der Waals surface area contributed by atoms with Gasteiger partial charge in [0.25, 0.3) is 5.56 Å². The van der Waals surface area contributed by atoms with Gasteiger partial charge in [-0.25, -0.2) is 19.4 Å². The number of aromatic nitrogens is 2. The molecule has 2 heterocycles. The lowest BCUT2D eigenvalue weighted by Gasteiger charge is -2.29. The first-order chi connectivity index (χ1) is 17.3. The summed E-state index contributed by atoms with van der Waals surface area (Å²) in [5.74, 6) is -1.31. The molecule has 1 aromatic heterocycles. The number of esters is 2. The van der Waals surface area contributed by atoms with E-state index >= 15 is 0 Å². The first kappa shape index (κ1) is 24.6. The number of hydrogen-bond acceptors (Lipinski definition) is 7. The van der Waals surface area contributed by atoms with Crippen molar-refractivity contribution in [2.24, 2.45) is 0 Å². The van der Waals surface area contributed by atoms with Crippen molar-refractivity contribution in [3.63, 3.8) is 0 Å². The molecule has 0 unspecified atom stereocenters. The predicted molar refractivity (Wildman–Crippen MR) is 131 cm³/mol. The average molecular weight is 491 g/mol. The molecule has 1 aliphatic heterocycles. The van der Waals surface area contributed by atoms with E-state index in [0.717, 1.165) is 0 Å². The maximum Gasteiger partial charge on any atom is 0.338 e. The van der Waals surface area contributed by atoms with E-state index in [1.165, 1.54) is 0 Å². The van der Waals surface area contributed by atoms with Gasteiger partial charge >= 0.3 is 18.0 Å². The highest BCUT2D eigenvalue weighted by Gasteiger charge is 2.34. The Bertz CT molecular complexity index is 1430. The smallest absolute Gasteiger partial charge is 0.338 e. The predicted octanol–water partition coefficient (Wildman–Crippen LogP) is 2.75. The summed E-state index contributed by atoms with van der Waals surface area (Å²) in [4.78, 5) is 54.7. The van der Waals surface area contributed by atoms with Crippen LogP contribution in [0.4, 0.5) is 4.79 Å².